The Morgan fingerprint density at radius 2 is 1.34 bits per heavy atom. The molecule has 0 aliphatic rings. The molecule has 0 radical (unpaired) electrons. The Morgan fingerprint density at radius 1 is 0.800 bits per heavy atom. The molecule has 0 saturated carbocycles. The van der Waals surface area contributed by atoms with Gasteiger partial charge in [0.2, 0.25) is 17.7 Å². The van der Waals surface area contributed by atoms with Crippen LogP contribution in [-0.2, 0) is 32.0 Å². The first-order chi connectivity index (χ1) is 16.7. The number of nitrogens with two attached hydrogens (primary N) is 1. The van der Waals surface area contributed by atoms with Gasteiger partial charge in [0, 0.05) is 6.42 Å². The summed E-state index contributed by atoms with van der Waals surface area (Å²) in [5.41, 5.74) is 7.70. The van der Waals surface area contributed by atoms with E-state index in [2.05, 4.69) is 16.0 Å². The van der Waals surface area contributed by atoms with Crippen LogP contribution in [0.4, 0.5) is 0 Å². The molecule has 0 aliphatic carbocycles. The van der Waals surface area contributed by atoms with E-state index in [0.29, 0.717) is 12.8 Å². The molecule has 3 amide bonds. The predicted octanol–water partition coefficient (Wildman–Crippen LogP) is 1.02. The van der Waals surface area contributed by atoms with E-state index in [1.54, 1.807) is 24.3 Å². The summed E-state index contributed by atoms with van der Waals surface area (Å²) in [5, 5.41) is 17.0. The van der Waals surface area contributed by atoms with Crippen LogP contribution in [0.25, 0.3) is 0 Å². The first kappa shape index (κ1) is 27.5. The van der Waals surface area contributed by atoms with Crippen molar-refractivity contribution in [3.05, 3.63) is 71.8 Å². The van der Waals surface area contributed by atoms with Gasteiger partial charge in [0.1, 0.15) is 12.1 Å². The maximum Gasteiger partial charge on any atom is 0.326 e. The van der Waals surface area contributed by atoms with Crippen LogP contribution >= 0.6 is 0 Å². The van der Waals surface area contributed by atoms with Crippen LogP contribution in [0, 0.1) is 5.92 Å². The summed E-state index contributed by atoms with van der Waals surface area (Å²) in [6.07, 6.45) is 0.785. The summed E-state index contributed by atoms with van der Waals surface area (Å²) in [5.74, 6) is -2.73. The van der Waals surface area contributed by atoms with Gasteiger partial charge in [-0.15, -0.1) is 0 Å². The average molecular weight is 483 g/mol. The third kappa shape index (κ3) is 9.97. The highest BCUT2D eigenvalue weighted by Gasteiger charge is 2.26. The molecule has 0 saturated heterocycles. The van der Waals surface area contributed by atoms with E-state index < -0.39 is 48.4 Å². The number of aliphatic carboxylic acids is 1. The molecular formula is C26H34N4O5. The van der Waals surface area contributed by atoms with Gasteiger partial charge in [-0.2, -0.15) is 0 Å². The van der Waals surface area contributed by atoms with Crippen molar-refractivity contribution >= 4 is 23.7 Å². The molecule has 9 heteroatoms. The number of carbonyl (C=O) groups is 4. The Kier molecular flexibility index (Phi) is 10.9. The largest absolute Gasteiger partial charge is 0.480 e. The van der Waals surface area contributed by atoms with Crippen molar-refractivity contribution in [3.63, 3.8) is 0 Å². The fourth-order valence-corrected chi connectivity index (χ4v) is 3.53. The van der Waals surface area contributed by atoms with E-state index in [-0.39, 0.29) is 12.3 Å². The highest BCUT2D eigenvalue weighted by molar-refractivity contribution is 5.92. The number of amides is 3. The lowest BCUT2D eigenvalue weighted by molar-refractivity contribution is -0.141. The second kappa shape index (κ2) is 13.9. The topological polar surface area (TPSA) is 151 Å². The Bertz CT molecular complexity index is 982. The van der Waals surface area contributed by atoms with E-state index in [1.165, 1.54) is 0 Å². The average Bonchev–Trinajstić information content (AvgIpc) is 2.82. The summed E-state index contributed by atoms with van der Waals surface area (Å²) in [6, 6.07) is 15.4. The molecule has 2 aromatic rings. The van der Waals surface area contributed by atoms with Crippen molar-refractivity contribution in [1.29, 1.82) is 0 Å². The lowest BCUT2D eigenvalue weighted by Gasteiger charge is -2.22. The third-order valence-electron chi connectivity index (χ3n) is 5.31. The van der Waals surface area contributed by atoms with Crippen molar-refractivity contribution in [2.24, 2.45) is 11.7 Å². The molecule has 6 N–H and O–H groups in total. The Morgan fingerprint density at radius 3 is 1.86 bits per heavy atom. The fraction of sp³-hybridized carbons (Fsp3) is 0.385. The molecule has 0 aliphatic heterocycles. The molecule has 2 aromatic carbocycles. The van der Waals surface area contributed by atoms with Crippen LogP contribution < -0.4 is 21.7 Å². The van der Waals surface area contributed by atoms with Gasteiger partial charge in [0.05, 0.1) is 12.6 Å². The lowest BCUT2D eigenvalue weighted by atomic mass is 10.0. The monoisotopic (exact) mass is 482 g/mol. The highest BCUT2D eigenvalue weighted by Crippen LogP contribution is 2.07. The van der Waals surface area contributed by atoms with Gasteiger partial charge in [0.15, 0.2) is 0 Å². The maximum absolute atomic E-state index is 12.7. The summed E-state index contributed by atoms with van der Waals surface area (Å²) in [4.78, 5) is 49.3. The Labute approximate surface area is 205 Å². The normalized spacial score (nSPS) is 13.4. The number of hydrogen-bond donors (Lipinski definition) is 5. The van der Waals surface area contributed by atoms with Crippen molar-refractivity contribution in [1.82, 2.24) is 16.0 Å². The number of carbonyl (C=O) groups excluding carboxylic acids is 3. The molecule has 0 fully saturated rings. The van der Waals surface area contributed by atoms with E-state index >= 15 is 0 Å². The van der Waals surface area contributed by atoms with Crippen molar-refractivity contribution in [2.45, 2.75) is 51.2 Å². The molecule has 0 spiro atoms. The third-order valence-corrected chi connectivity index (χ3v) is 5.31. The van der Waals surface area contributed by atoms with Crippen LogP contribution in [-0.4, -0.2) is 53.5 Å². The second-order valence-electron chi connectivity index (χ2n) is 8.85. The number of carboxylic acid groups (broad SMARTS) is 1. The van der Waals surface area contributed by atoms with Crippen LogP contribution in [0.15, 0.2) is 60.7 Å². The van der Waals surface area contributed by atoms with Crippen LogP contribution in [0.1, 0.15) is 31.4 Å². The highest BCUT2D eigenvalue weighted by atomic mass is 16.4. The van der Waals surface area contributed by atoms with E-state index in [1.807, 2.05) is 50.2 Å². The molecule has 9 nitrogen and oxygen atoms in total. The number of rotatable bonds is 13. The zero-order valence-corrected chi connectivity index (χ0v) is 20.1. The molecule has 0 heterocycles. The van der Waals surface area contributed by atoms with Crippen molar-refractivity contribution < 1.29 is 24.3 Å². The molecule has 188 valence electrons. The summed E-state index contributed by atoms with van der Waals surface area (Å²) < 4.78 is 0. The van der Waals surface area contributed by atoms with Crippen LogP contribution in [0.3, 0.4) is 0 Å². The molecule has 2 rings (SSSR count). The number of carboxylic acids is 1. The molecule has 3 atom stereocenters. The van der Waals surface area contributed by atoms with Gasteiger partial charge < -0.3 is 26.8 Å². The van der Waals surface area contributed by atoms with Crippen molar-refractivity contribution in [3.8, 4) is 0 Å². The number of benzene rings is 2. The number of nitrogens with one attached hydrogen (secondary N) is 3. The van der Waals surface area contributed by atoms with Gasteiger partial charge in [-0.25, -0.2) is 4.79 Å². The summed E-state index contributed by atoms with van der Waals surface area (Å²) in [7, 11) is 0. The smallest absolute Gasteiger partial charge is 0.326 e. The zero-order valence-electron chi connectivity index (χ0n) is 20.1. The quantitative estimate of drug-likeness (QED) is 0.288. The van der Waals surface area contributed by atoms with Gasteiger partial charge in [-0.1, -0.05) is 74.5 Å². The van der Waals surface area contributed by atoms with Crippen LogP contribution in [0.5, 0.6) is 0 Å². The minimum atomic E-state index is -1.18. The standard InChI is InChI=1S/C26H34N4O5/c1-17(2)13-21(30-24(32)20(27)14-18-9-5-3-6-10-18)25(33)28-16-23(31)29-22(26(34)35)15-19-11-7-4-8-12-19/h3-12,17,20-22H,13-16,27H2,1-2H3,(H,28,33)(H,29,31)(H,30,32)(H,34,35)/t20-,21-,22-/m0/s1. The van der Waals surface area contributed by atoms with Gasteiger partial charge in [-0.05, 0) is 29.9 Å². The minimum absolute atomic E-state index is 0.0903. The molecule has 0 aromatic heterocycles. The molecule has 35 heavy (non-hydrogen) atoms. The zero-order chi connectivity index (χ0) is 25.8. The SMILES string of the molecule is CC(C)C[C@H](NC(=O)[C@@H](N)Cc1ccccc1)C(=O)NCC(=O)N[C@@H](Cc1ccccc1)C(=O)O. The fourth-order valence-electron chi connectivity index (χ4n) is 3.53. The molecular weight excluding hydrogens is 448 g/mol. The Hall–Kier alpha value is -3.72. The van der Waals surface area contributed by atoms with Crippen LogP contribution in [0.2, 0.25) is 0 Å². The summed E-state index contributed by atoms with van der Waals surface area (Å²) >= 11 is 0. The maximum atomic E-state index is 12.7. The predicted molar refractivity (Wildman–Crippen MR) is 132 cm³/mol. The second-order valence-corrected chi connectivity index (χ2v) is 8.85. The number of hydrogen-bond acceptors (Lipinski definition) is 5. The minimum Gasteiger partial charge on any atom is -0.480 e. The van der Waals surface area contributed by atoms with Gasteiger partial charge >= 0.3 is 5.97 Å². The van der Waals surface area contributed by atoms with Gasteiger partial charge in [-0.3, -0.25) is 14.4 Å². The Balaban J connectivity index is 1.91. The van der Waals surface area contributed by atoms with E-state index in [9.17, 15) is 24.3 Å². The van der Waals surface area contributed by atoms with Crippen molar-refractivity contribution in [2.75, 3.05) is 6.54 Å². The first-order valence-electron chi connectivity index (χ1n) is 11.6. The van der Waals surface area contributed by atoms with E-state index in [4.69, 9.17) is 5.73 Å². The van der Waals surface area contributed by atoms with Gasteiger partial charge in [0.25, 0.3) is 0 Å². The molecule has 0 bridgehead atoms. The summed E-state index contributed by atoms with van der Waals surface area (Å²) in [6.45, 7) is 3.39. The molecule has 0 unspecified atom stereocenters. The first-order valence-corrected chi connectivity index (χ1v) is 11.6. The lowest BCUT2D eigenvalue weighted by Crippen LogP contribution is -2.54. The van der Waals surface area contributed by atoms with E-state index in [0.717, 1.165) is 11.1 Å².